The number of carbonyl (C=O) groups excluding carboxylic acids is 2. The van der Waals surface area contributed by atoms with Crippen LogP contribution in [-0.2, 0) is 16.0 Å². The Hall–Kier alpha value is -1.88. The van der Waals surface area contributed by atoms with E-state index in [1.54, 1.807) is 0 Å². The summed E-state index contributed by atoms with van der Waals surface area (Å²) in [5, 5.41) is 5.71. The fourth-order valence-electron chi connectivity index (χ4n) is 2.05. The van der Waals surface area contributed by atoms with Crippen molar-refractivity contribution in [2.24, 2.45) is 5.92 Å². The summed E-state index contributed by atoms with van der Waals surface area (Å²) in [6.07, 6.45) is 0.287. The molecule has 2 amide bonds. The maximum Gasteiger partial charge on any atom is 0.242 e. The Kier molecular flexibility index (Phi) is 7.60. The van der Waals surface area contributed by atoms with Crippen molar-refractivity contribution >= 4 is 11.8 Å². The molecule has 1 aromatic rings. The van der Waals surface area contributed by atoms with Crippen LogP contribution < -0.4 is 10.6 Å². The highest BCUT2D eigenvalue weighted by Crippen LogP contribution is 2.04. The quantitative estimate of drug-likeness (QED) is 0.754. The number of nitrogens with zero attached hydrogens (tertiary/aromatic N) is 1. The van der Waals surface area contributed by atoms with Crippen molar-refractivity contribution in [1.29, 1.82) is 0 Å². The number of hydrogen-bond acceptors (Lipinski definition) is 3. The second-order valence-electron chi connectivity index (χ2n) is 6.05. The Morgan fingerprint density at radius 1 is 1.14 bits per heavy atom. The minimum absolute atomic E-state index is 0.0408. The second-order valence-corrected chi connectivity index (χ2v) is 6.05. The molecule has 2 N–H and O–H groups in total. The van der Waals surface area contributed by atoms with Crippen LogP contribution in [0.5, 0.6) is 0 Å². The van der Waals surface area contributed by atoms with E-state index >= 15 is 0 Å². The van der Waals surface area contributed by atoms with Crippen molar-refractivity contribution in [1.82, 2.24) is 15.5 Å². The fraction of sp³-hybridized carbons (Fsp3) is 0.529. The molecule has 0 unspecified atom stereocenters. The van der Waals surface area contributed by atoms with E-state index in [1.807, 2.05) is 63.2 Å². The minimum Gasteiger partial charge on any atom is -0.353 e. The van der Waals surface area contributed by atoms with Crippen molar-refractivity contribution in [2.45, 2.75) is 26.3 Å². The number of likely N-dealkylation sites (N-methyl/N-ethyl adjacent to an activating group) is 1. The van der Waals surface area contributed by atoms with E-state index < -0.39 is 6.04 Å². The van der Waals surface area contributed by atoms with Gasteiger partial charge in [0.05, 0.1) is 6.42 Å². The Morgan fingerprint density at radius 2 is 1.77 bits per heavy atom. The van der Waals surface area contributed by atoms with Crippen molar-refractivity contribution in [3.63, 3.8) is 0 Å². The van der Waals surface area contributed by atoms with Crippen LogP contribution in [-0.4, -0.2) is 49.9 Å². The lowest BCUT2D eigenvalue weighted by molar-refractivity contribution is -0.129. The van der Waals surface area contributed by atoms with Gasteiger partial charge in [0.1, 0.15) is 6.04 Å². The molecule has 22 heavy (non-hydrogen) atoms. The molecule has 0 aliphatic carbocycles. The number of rotatable bonds is 8. The Morgan fingerprint density at radius 3 is 2.32 bits per heavy atom. The van der Waals surface area contributed by atoms with Gasteiger partial charge in [-0.15, -0.1) is 0 Å². The standard InChI is InChI=1S/C17H27N3O2/c1-13(2)16(17(22)18-10-11-20(3)4)19-15(21)12-14-8-6-5-7-9-14/h5-9,13,16H,10-12H2,1-4H3,(H,18,22)(H,19,21)/t16-/m0/s1. The van der Waals surface area contributed by atoms with Gasteiger partial charge in [-0.25, -0.2) is 0 Å². The summed E-state index contributed by atoms with van der Waals surface area (Å²) < 4.78 is 0. The third kappa shape index (κ3) is 6.72. The van der Waals surface area contributed by atoms with E-state index in [2.05, 4.69) is 10.6 Å². The summed E-state index contributed by atoms with van der Waals surface area (Å²) >= 11 is 0. The number of benzene rings is 1. The SMILES string of the molecule is CC(C)[C@H](NC(=O)Cc1ccccc1)C(=O)NCCN(C)C. The molecule has 1 rings (SSSR count). The van der Waals surface area contributed by atoms with Gasteiger partial charge in [0.25, 0.3) is 0 Å². The van der Waals surface area contributed by atoms with E-state index in [0.717, 1.165) is 12.1 Å². The summed E-state index contributed by atoms with van der Waals surface area (Å²) in [6.45, 7) is 5.20. The molecule has 0 radical (unpaired) electrons. The zero-order chi connectivity index (χ0) is 16.5. The molecule has 5 heteroatoms. The summed E-state index contributed by atoms with van der Waals surface area (Å²) in [5.41, 5.74) is 0.940. The number of amides is 2. The lowest BCUT2D eigenvalue weighted by Crippen LogP contribution is -2.51. The van der Waals surface area contributed by atoms with Crippen LogP contribution in [0.3, 0.4) is 0 Å². The van der Waals surface area contributed by atoms with Crippen LogP contribution in [0.15, 0.2) is 30.3 Å². The van der Waals surface area contributed by atoms with Gasteiger partial charge in [-0.05, 0) is 25.6 Å². The zero-order valence-corrected chi connectivity index (χ0v) is 13.9. The molecule has 0 bridgehead atoms. The largest absolute Gasteiger partial charge is 0.353 e. The van der Waals surface area contributed by atoms with Gasteiger partial charge in [-0.3, -0.25) is 9.59 Å². The van der Waals surface area contributed by atoms with E-state index in [1.165, 1.54) is 0 Å². The highest BCUT2D eigenvalue weighted by atomic mass is 16.2. The number of nitrogens with one attached hydrogen (secondary N) is 2. The molecule has 5 nitrogen and oxygen atoms in total. The summed E-state index contributed by atoms with van der Waals surface area (Å²) in [6, 6.07) is 9.02. The highest BCUT2D eigenvalue weighted by molar-refractivity contribution is 5.88. The van der Waals surface area contributed by atoms with Gasteiger partial charge in [-0.1, -0.05) is 44.2 Å². The van der Waals surface area contributed by atoms with Gasteiger partial charge in [0.2, 0.25) is 11.8 Å². The first-order valence-electron chi connectivity index (χ1n) is 7.66. The van der Waals surface area contributed by atoms with Crippen LogP contribution >= 0.6 is 0 Å². The van der Waals surface area contributed by atoms with Crippen LogP contribution in [0.4, 0.5) is 0 Å². The topological polar surface area (TPSA) is 61.4 Å². The maximum atomic E-state index is 12.2. The molecule has 0 aromatic heterocycles. The van der Waals surface area contributed by atoms with Crippen molar-refractivity contribution in [2.75, 3.05) is 27.2 Å². The summed E-state index contributed by atoms with van der Waals surface area (Å²) in [4.78, 5) is 26.3. The van der Waals surface area contributed by atoms with Crippen LogP contribution in [0.2, 0.25) is 0 Å². The summed E-state index contributed by atoms with van der Waals surface area (Å²) in [5.74, 6) is -0.218. The van der Waals surface area contributed by atoms with E-state index in [0.29, 0.717) is 6.54 Å². The molecule has 0 heterocycles. The smallest absolute Gasteiger partial charge is 0.242 e. The van der Waals surface area contributed by atoms with Gasteiger partial charge >= 0.3 is 0 Å². The molecule has 0 saturated carbocycles. The molecule has 0 fully saturated rings. The van der Waals surface area contributed by atoms with E-state index in [-0.39, 0.29) is 24.2 Å². The molecule has 1 aromatic carbocycles. The van der Waals surface area contributed by atoms with E-state index in [9.17, 15) is 9.59 Å². The normalized spacial score (nSPS) is 12.3. The Bertz CT molecular complexity index is 472. The Balaban J connectivity index is 2.52. The molecule has 0 aliphatic heterocycles. The highest BCUT2D eigenvalue weighted by Gasteiger charge is 2.23. The zero-order valence-electron chi connectivity index (χ0n) is 13.9. The Labute approximate surface area is 133 Å². The average molecular weight is 305 g/mol. The van der Waals surface area contributed by atoms with Gasteiger partial charge < -0.3 is 15.5 Å². The number of hydrogen-bond donors (Lipinski definition) is 2. The van der Waals surface area contributed by atoms with Crippen LogP contribution in [0.25, 0.3) is 0 Å². The molecule has 0 saturated heterocycles. The number of carbonyl (C=O) groups is 2. The second kappa shape index (κ2) is 9.20. The fourth-order valence-corrected chi connectivity index (χ4v) is 2.05. The van der Waals surface area contributed by atoms with Crippen molar-refractivity contribution in [3.05, 3.63) is 35.9 Å². The molecule has 122 valence electrons. The predicted molar refractivity (Wildman–Crippen MR) is 88.5 cm³/mol. The van der Waals surface area contributed by atoms with Gasteiger partial charge in [0, 0.05) is 13.1 Å². The molecule has 1 atom stereocenters. The van der Waals surface area contributed by atoms with Crippen LogP contribution in [0.1, 0.15) is 19.4 Å². The monoisotopic (exact) mass is 305 g/mol. The molecule has 0 aliphatic rings. The van der Waals surface area contributed by atoms with Gasteiger partial charge in [0.15, 0.2) is 0 Å². The first-order chi connectivity index (χ1) is 10.4. The third-order valence-electron chi connectivity index (χ3n) is 3.33. The van der Waals surface area contributed by atoms with E-state index in [4.69, 9.17) is 0 Å². The summed E-state index contributed by atoms with van der Waals surface area (Å²) in [7, 11) is 3.90. The third-order valence-corrected chi connectivity index (χ3v) is 3.33. The van der Waals surface area contributed by atoms with Crippen molar-refractivity contribution in [3.8, 4) is 0 Å². The minimum atomic E-state index is -0.502. The molecular formula is C17H27N3O2. The average Bonchev–Trinajstić information content (AvgIpc) is 2.45. The molecule has 0 spiro atoms. The van der Waals surface area contributed by atoms with Crippen molar-refractivity contribution < 1.29 is 9.59 Å². The predicted octanol–water partition coefficient (Wildman–Crippen LogP) is 1.05. The van der Waals surface area contributed by atoms with Gasteiger partial charge in [-0.2, -0.15) is 0 Å². The lowest BCUT2D eigenvalue weighted by Gasteiger charge is -2.22. The van der Waals surface area contributed by atoms with Crippen LogP contribution in [0, 0.1) is 5.92 Å². The lowest BCUT2D eigenvalue weighted by atomic mass is 10.0. The molecular weight excluding hydrogens is 278 g/mol. The maximum absolute atomic E-state index is 12.2. The first-order valence-corrected chi connectivity index (χ1v) is 7.66. The first kappa shape index (κ1) is 18.2.